The van der Waals surface area contributed by atoms with E-state index in [1.165, 1.54) is 0 Å². The summed E-state index contributed by atoms with van der Waals surface area (Å²) in [4.78, 5) is 10.5. The van der Waals surface area contributed by atoms with E-state index in [2.05, 4.69) is 6.92 Å². The highest BCUT2D eigenvalue weighted by atomic mass is 16.4. The largest absolute Gasteiger partial charge is 0.481 e. The Kier molecular flexibility index (Phi) is 11.0. The smallest absolute Gasteiger partial charge is 0.303 e. The lowest BCUT2D eigenvalue weighted by Crippen LogP contribution is -2.20. The minimum Gasteiger partial charge on any atom is -0.481 e. The monoisotopic (exact) mass is 356 g/mol. The van der Waals surface area contributed by atoms with Crippen molar-refractivity contribution in [3.05, 3.63) is 12.2 Å². The highest BCUT2D eigenvalue weighted by molar-refractivity contribution is 5.66. The summed E-state index contributed by atoms with van der Waals surface area (Å²) >= 11 is 0. The molecule has 5 nitrogen and oxygen atoms in total. The lowest BCUT2D eigenvalue weighted by molar-refractivity contribution is -0.137. The number of allylic oxidation sites excluding steroid dienone is 1. The van der Waals surface area contributed by atoms with Crippen molar-refractivity contribution < 1.29 is 25.2 Å². The third kappa shape index (κ3) is 8.84. The van der Waals surface area contributed by atoms with Crippen LogP contribution in [0.4, 0.5) is 0 Å². The van der Waals surface area contributed by atoms with Crippen LogP contribution in [-0.4, -0.2) is 44.7 Å². The Morgan fingerprint density at radius 1 is 1.12 bits per heavy atom. The van der Waals surface area contributed by atoms with Gasteiger partial charge in [-0.15, -0.1) is 0 Å². The van der Waals surface area contributed by atoms with Gasteiger partial charge < -0.3 is 20.4 Å². The third-order valence-corrected chi connectivity index (χ3v) is 5.24. The SMILES string of the molecule is CCCC(O)CCC=C[C@@H]1[C@@H](CCCCCCC(=O)O)[C@@H](O)C[C@H]1O. The molecule has 0 amide bonds. The molecule has 0 spiro atoms. The molecule has 146 valence electrons. The Morgan fingerprint density at radius 3 is 2.52 bits per heavy atom. The third-order valence-electron chi connectivity index (χ3n) is 5.24. The second-order valence-electron chi connectivity index (χ2n) is 7.41. The number of aliphatic carboxylic acids is 1. The van der Waals surface area contributed by atoms with Crippen LogP contribution in [0.3, 0.4) is 0 Å². The van der Waals surface area contributed by atoms with E-state index in [1.807, 2.05) is 12.2 Å². The van der Waals surface area contributed by atoms with Gasteiger partial charge in [-0.25, -0.2) is 0 Å². The Hall–Kier alpha value is -0.910. The molecule has 0 bridgehead atoms. The van der Waals surface area contributed by atoms with Gasteiger partial charge in [0.05, 0.1) is 18.3 Å². The standard InChI is InChI=1S/C20H36O5/c1-2-9-15(21)10-7-8-12-17-16(18(22)14-19(17)23)11-5-3-4-6-13-20(24)25/h8,12,15-19,21-23H,2-7,9-11,13-14H2,1H3,(H,24,25)/t15?,16-,17-,18+,19-/m1/s1. The van der Waals surface area contributed by atoms with Gasteiger partial charge in [-0.05, 0) is 38.0 Å². The Labute approximate surface area is 151 Å². The van der Waals surface area contributed by atoms with Crippen LogP contribution in [0.2, 0.25) is 0 Å². The molecule has 1 fully saturated rings. The van der Waals surface area contributed by atoms with Crippen LogP contribution in [-0.2, 0) is 4.79 Å². The first-order valence-electron chi connectivity index (χ1n) is 9.88. The zero-order valence-corrected chi connectivity index (χ0v) is 15.5. The molecule has 0 aliphatic heterocycles. The molecule has 1 aliphatic carbocycles. The first-order chi connectivity index (χ1) is 12.0. The molecule has 1 aliphatic rings. The molecule has 0 aromatic carbocycles. The van der Waals surface area contributed by atoms with Crippen molar-refractivity contribution in [2.24, 2.45) is 11.8 Å². The first kappa shape index (κ1) is 22.1. The minimum atomic E-state index is -0.747. The number of carboxylic acid groups (broad SMARTS) is 1. The second kappa shape index (κ2) is 12.4. The van der Waals surface area contributed by atoms with Gasteiger partial charge in [-0.1, -0.05) is 44.8 Å². The fourth-order valence-corrected chi connectivity index (χ4v) is 3.81. The quantitative estimate of drug-likeness (QED) is 0.300. The van der Waals surface area contributed by atoms with E-state index >= 15 is 0 Å². The van der Waals surface area contributed by atoms with Crippen molar-refractivity contribution in [2.75, 3.05) is 0 Å². The molecule has 1 saturated carbocycles. The summed E-state index contributed by atoms with van der Waals surface area (Å²) in [6.07, 6.45) is 11.2. The summed E-state index contributed by atoms with van der Waals surface area (Å²) in [5.41, 5.74) is 0. The summed E-state index contributed by atoms with van der Waals surface area (Å²) in [5.74, 6) is -0.688. The van der Waals surface area contributed by atoms with E-state index < -0.39 is 18.2 Å². The molecule has 25 heavy (non-hydrogen) atoms. The van der Waals surface area contributed by atoms with Crippen LogP contribution >= 0.6 is 0 Å². The van der Waals surface area contributed by atoms with Gasteiger partial charge in [0.25, 0.3) is 0 Å². The predicted octanol–water partition coefficient (Wildman–Crippen LogP) is 3.27. The number of hydrogen-bond acceptors (Lipinski definition) is 4. The maximum Gasteiger partial charge on any atom is 0.303 e. The molecule has 4 N–H and O–H groups in total. The van der Waals surface area contributed by atoms with Crippen LogP contribution in [0, 0.1) is 11.8 Å². The Bertz CT molecular complexity index is 396. The van der Waals surface area contributed by atoms with Crippen molar-refractivity contribution >= 4 is 5.97 Å². The van der Waals surface area contributed by atoms with E-state index in [-0.39, 0.29) is 24.4 Å². The van der Waals surface area contributed by atoms with Crippen LogP contribution in [0.5, 0.6) is 0 Å². The average Bonchev–Trinajstić information content (AvgIpc) is 2.81. The van der Waals surface area contributed by atoms with Crippen molar-refractivity contribution in [1.82, 2.24) is 0 Å². The molecule has 1 rings (SSSR count). The molecular formula is C20H36O5. The van der Waals surface area contributed by atoms with E-state index in [4.69, 9.17) is 5.11 Å². The normalized spacial score (nSPS) is 27.8. The van der Waals surface area contributed by atoms with Crippen LogP contribution < -0.4 is 0 Å². The van der Waals surface area contributed by atoms with Crippen LogP contribution in [0.15, 0.2) is 12.2 Å². The zero-order chi connectivity index (χ0) is 18.7. The van der Waals surface area contributed by atoms with Gasteiger partial charge in [0.1, 0.15) is 0 Å². The van der Waals surface area contributed by atoms with E-state index in [0.29, 0.717) is 12.8 Å². The Morgan fingerprint density at radius 2 is 1.84 bits per heavy atom. The maximum atomic E-state index is 10.5. The van der Waals surface area contributed by atoms with Gasteiger partial charge in [-0.3, -0.25) is 4.79 Å². The van der Waals surface area contributed by atoms with Crippen molar-refractivity contribution in [3.8, 4) is 0 Å². The highest BCUT2D eigenvalue weighted by Crippen LogP contribution is 2.37. The van der Waals surface area contributed by atoms with Gasteiger partial charge in [-0.2, -0.15) is 0 Å². The number of hydrogen-bond donors (Lipinski definition) is 4. The van der Waals surface area contributed by atoms with E-state index in [9.17, 15) is 20.1 Å². The molecule has 5 heteroatoms. The molecule has 0 heterocycles. The summed E-state index contributed by atoms with van der Waals surface area (Å²) < 4.78 is 0. The maximum absolute atomic E-state index is 10.5. The highest BCUT2D eigenvalue weighted by Gasteiger charge is 2.39. The van der Waals surface area contributed by atoms with E-state index in [1.54, 1.807) is 0 Å². The lowest BCUT2D eigenvalue weighted by Gasteiger charge is -2.20. The van der Waals surface area contributed by atoms with Gasteiger partial charge >= 0.3 is 5.97 Å². The van der Waals surface area contributed by atoms with Crippen molar-refractivity contribution in [1.29, 1.82) is 0 Å². The van der Waals surface area contributed by atoms with Crippen LogP contribution in [0.1, 0.15) is 77.6 Å². The minimum absolute atomic E-state index is 0.0164. The first-order valence-corrected chi connectivity index (χ1v) is 9.88. The fourth-order valence-electron chi connectivity index (χ4n) is 3.81. The number of carbonyl (C=O) groups is 1. The molecule has 1 unspecified atom stereocenters. The summed E-state index contributed by atoms with van der Waals surface area (Å²) in [6, 6.07) is 0. The number of aliphatic hydroxyl groups is 3. The van der Waals surface area contributed by atoms with Gasteiger partial charge in [0.15, 0.2) is 0 Å². The molecule has 0 saturated heterocycles. The summed E-state index contributed by atoms with van der Waals surface area (Å²) in [5, 5.41) is 38.8. The summed E-state index contributed by atoms with van der Waals surface area (Å²) in [7, 11) is 0. The number of carboxylic acids is 1. The molecule has 0 aromatic rings. The Balaban J connectivity index is 2.33. The lowest BCUT2D eigenvalue weighted by atomic mass is 9.88. The van der Waals surface area contributed by atoms with Crippen LogP contribution in [0.25, 0.3) is 0 Å². The molecule has 5 atom stereocenters. The molecular weight excluding hydrogens is 320 g/mol. The number of unbranched alkanes of at least 4 members (excludes halogenated alkanes) is 3. The van der Waals surface area contributed by atoms with E-state index in [0.717, 1.165) is 51.4 Å². The fraction of sp³-hybridized carbons (Fsp3) is 0.850. The topological polar surface area (TPSA) is 98.0 Å². The van der Waals surface area contributed by atoms with Gasteiger partial charge in [0.2, 0.25) is 0 Å². The van der Waals surface area contributed by atoms with Gasteiger partial charge in [0, 0.05) is 18.8 Å². The predicted molar refractivity (Wildman–Crippen MR) is 98.2 cm³/mol. The zero-order valence-electron chi connectivity index (χ0n) is 15.5. The molecule has 0 aromatic heterocycles. The number of rotatable bonds is 13. The van der Waals surface area contributed by atoms with Crippen molar-refractivity contribution in [2.45, 2.75) is 95.9 Å². The number of aliphatic hydroxyl groups excluding tert-OH is 3. The van der Waals surface area contributed by atoms with Crippen molar-refractivity contribution in [3.63, 3.8) is 0 Å². The summed E-state index contributed by atoms with van der Waals surface area (Å²) in [6.45, 7) is 2.06. The average molecular weight is 357 g/mol. The second-order valence-corrected chi connectivity index (χ2v) is 7.41. The molecule has 0 radical (unpaired) electrons.